The molecule has 3 rings (SSSR count). The zero-order valence-corrected chi connectivity index (χ0v) is 15.4. The molecule has 2 N–H and O–H groups in total. The first-order valence-corrected chi connectivity index (χ1v) is 9.11. The van der Waals surface area contributed by atoms with Gasteiger partial charge in [0.15, 0.2) is 0 Å². The molecule has 1 heterocycles. The number of para-hydroxylation sites is 2. The molecule has 0 saturated heterocycles. The number of ether oxygens (including phenoxy) is 1. The summed E-state index contributed by atoms with van der Waals surface area (Å²) in [6.45, 7) is 4.50. The summed E-state index contributed by atoms with van der Waals surface area (Å²) >= 11 is 3.53. The average Bonchev–Trinajstić information content (AvgIpc) is 3.01. The van der Waals surface area contributed by atoms with E-state index in [2.05, 4.69) is 50.3 Å². The number of H-pyrrole nitrogens is 1. The van der Waals surface area contributed by atoms with Crippen molar-refractivity contribution in [2.75, 3.05) is 13.2 Å². The van der Waals surface area contributed by atoms with Crippen molar-refractivity contribution in [3.63, 3.8) is 0 Å². The maximum atomic E-state index is 5.82. The van der Waals surface area contributed by atoms with Crippen LogP contribution < -0.4 is 10.1 Å². The van der Waals surface area contributed by atoms with Gasteiger partial charge in [-0.15, -0.1) is 0 Å². The lowest BCUT2D eigenvalue weighted by Gasteiger charge is -2.12. The van der Waals surface area contributed by atoms with E-state index >= 15 is 0 Å². The van der Waals surface area contributed by atoms with Gasteiger partial charge in [0.05, 0.1) is 17.6 Å². The van der Waals surface area contributed by atoms with Gasteiger partial charge in [-0.25, -0.2) is 4.98 Å². The summed E-state index contributed by atoms with van der Waals surface area (Å²) in [4.78, 5) is 7.96. The van der Waals surface area contributed by atoms with Crippen molar-refractivity contribution in [3.05, 3.63) is 58.3 Å². The Hall–Kier alpha value is -1.85. The predicted molar refractivity (Wildman–Crippen MR) is 101 cm³/mol. The molecule has 0 fully saturated rings. The molecule has 0 spiro atoms. The normalized spacial score (nSPS) is 11.1. The molecule has 3 aromatic rings. The molecule has 0 radical (unpaired) electrons. The van der Waals surface area contributed by atoms with E-state index in [-0.39, 0.29) is 0 Å². The maximum Gasteiger partial charge on any atom is 0.123 e. The molecule has 1 aromatic heterocycles. The molecule has 0 atom stereocenters. The van der Waals surface area contributed by atoms with Crippen LogP contribution >= 0.6 is 15.9 Å². The lowest BCUT2D eigenvalue weighted by molar-refractivity contribution is 0.313. The fourth-order valence-corrected chi connectivity index (χ4v) is 3.00. The Morgan fingerprint density at radius 3 is 2.92 bits per heavy atom. The summed E-state index contributed by atoms with van der Waals surface area (Å²) in [6.07, 6.45) is 1.88. The first kappa shape index (κ1) is 17.0. The van der Waals surface area contributed by atoms with E-state index in [4.69, 9.17) is 4.74 Å². The molecule has 5 heteroatoms. The fraction of sp³-hybridized carbons (Fsp3) is 0.316. The van der Waals surface area contributed by atoms with E-state index in [0.29, 0.717) is 0 Å². The molecule has 2 aromatic carbocycles. The summed E-state index contributed by atoms with van der Waals surface area (Å²) in [5, 5.41) is 3.48. The second-order valence-corrected chi connectivity index (χ2v) is 6.64. The fourth-order valence-electron chi connectivity index (χ4n) is 2.59. The molecule has 0 aliphatic carbocycles. The van der Waals surface area contributed by atoms with Crippen LogP contribution in [0.3, 0.4) is 0 Å². The largest absolute Gasteiger partial charge is 0.493 e. The van der Waals surface area contributed by atoms with Crippen LogP contribution in [0.25, 0.3) is 11.0 Å². The number of fused-ring (bicyclic) bond motifs is 1. The SMILES string of the molecule is CCCOc1ccc(Br)cc1CNCCc1nc2ccccc2[nH]1. The van der Waals surface area contributed by atoms with Gasteiger partial charge in [-0.05, 0) is 36.8 Å². The zero-order chi connectivity index (χ0) is 16.8. The zero-order valence-electron chi connectivity index (χ0n) is 13.8. The van der Waals surface area contributed by atoms with Gasteiger partial charge in [-0.1, -0.05) is 35.0 Å². The maximum absolute atomic E-state index is 5.82. The highest BCUT2D eigenvalue weighted by Crippen LogP contribution is 2.23. The predicted octanol–water partition coefficient (Wildman–Crippen LogP) is 4.45. The van der Waals surface area contributed by atoms with Crippen LogP contribution in [0.15, 0.2) is 46.9 Å². The Morgan fingerprint density at radius 2 is 2.08 bits per heavy atom. The van der Waals surface area contributed by atoms with Gasteiger partial charge < -0.3 is 15.0 Å². The van der Waals surface area contributed by atoms with Crippen molar-refractivity contribution in [1.82, 2.24) is 15.3 Å². The quantitative estimate of drug-likeness (QED) is 0.561. The summed E-state index contributed by atoms with van der Waals surface area (Å²) in [6, 6.07) is 14.3. The van der Waals surface area contributed by atoms with E-state index < -0.39 is 0 Å². The highest BCUT2D eigenvalue weighted by Gasteiger charge is 2.05. The average molecular weight is 388 g/mol. The Bertz CT molecular complexity index is 767. The van der Waals surface area contributed by atoms with E-state index in [1.54, 1.807) is 0 Å². The molecule has 0 aliphatic heterocycles. The van der Waals surface area contributed by atoms with Crippen molar-refractivity contribution in [1.29, 1.82) is 0 Å². The summed E-state index contributed by atoms with van der Waals surface area (Å²) in [5.74, 6) is 1.97. The van der Waals surface area contributed by atoms with Gasteiger partial charge >= 0.3 is 0 Å². The van der Waals surface area contributed by atoms with Gasteiger partial charge in [0, 0.05) is 29.5 Å². The monoisotopic (exact) mass is 387 g/mol. The summed E-state index contributed by atoms with van der Waals surface area (Å²) < 4.78 is 6.89. The van der Waals surface area contributed by atoms with Crippen LogP contribution in [0.5, 0.6) is 5.75 Å². The third-order valence-electron chi connectivity index (χ3n) is 3.78. The number of hydrogen-bond acceptors (Lipinski definition) is 3. The lowest BCUT2D eigenvalue weighted by atomic mass is 10.2. The van der Waals surface area contributed by atoms with Crippen molar-refractivity contribution < 1.29 is 4.74 Å². The third kappa shape index (κ3) is 4.36. The van der Waals surface area contributed by atoms with Crippen molar-refractivity contribution in [2.24, 2.45) is 0 Å². The number of benzene rings is 2. The van der Waals surface area contributed by atoms with Crippen LogP contribution in [-0.2, 0) is 13.0 Å². The van der Waals surface area contributed by atoms with Gasteiger partial charge in [0.25, 0.3) is 0 Å². The number of halogens is 1. The molecule has 0 aliphatic rings. The van der Waals surface area contributed by atoms with Gasteiger partial charge in [-0.3, -0.25) is 0 Å². The first-order chi connectivity index (χ1) is 11.8. The molecule has 0 bridgehead atoms. The Balaban J connectivity index is 1.55. The number of rotatable bonds is 8. The van der Waals surface area contributed by atoms with Gasteiger partial charge in [-0.2, -0.15) is 0 Å². The number of imidazole rings is 1. The minimum atomic E-state index is 0.744. The standard InChI is InChI=1S/C19H22BrN3O/c1-2-11-24-18-8-7-15(20)12-14(18)13-21-10-9-19-22-16-5-3-4-6-17(16)23-19/h3-8,12,21H,2,9-11,13H2,1H3,(H,22,23). The van der Waals surface area contributed by atoms with Crippen molar-refractivity contribution >= 4 is 27.0 Å². The lowest BCUT2D eigenvalue weighted by Crippen LogP contribution is -2.18. The summed E-state index contributed by atoms with van der Waals surface area (Å²) in [7, 11) is 0. The van der Waals surface area contributed by atoms with Crippen molar-refractivity contribution in [2.45, 2.75) is 26.3 Å². The molecular formula is C19H22BrN3O. The van der Waals surface area contributed by atoms with E-state index in [1.807, 2.05) is 30.3 Å². The molecule has 0 amide bonds. The minimum absolute atomic E-state index is 0.744. The van der Waals surface area contributed by atoms with Crippen LogP contribution in [0, 0.1) is 0 Å². The van der Waals surface area contributed by atoms with Gasteiger partial charge in [0.1, 0.15) is 11.6 Å². The number of nitrogens with one attached hydrogen (secondary N) is 2. The second kappa shape index (κ2) is 8.31. The number of aromatic amines is 1. The van der Waals surface area contributed by atoms with E-state index in [1.165, 1.54) is 5.56 Å². The Kier molecular flexibility index (Phi) is 5.88. The van der Waals surface area contributed by atoms with E-state index in [9.17, 15) is 0 Å². The second-order valence-electron chi connectivity index (χ2n) is 5.73. The van der Waals surface area contributed by atoms with Crippen molar-refractivity contribution in [3.8, 4) is 5.75 Å². The molecule has 4 nitrogen and oxygen atoms in total. The Morgan fingerprint density at radius 1 is 1.21 bits per heavy atom. The summed E-state index contributed by atoms with van der Waals surface area (Å²) in [5.41, 5.74) is 3.28. The number of aromatic nitrogens is 2. The minimum Gasteiger partial charge on any atom is -0.493 e. The number of nitrogens with zero attached hydrogens (tertiary/aromatic N) is 1. The molecule has 0 unspecified atom stereocenters. The smallest absolute Gasteiger partial charge is 0.123 e. The molecule has 126 valence electrons. The highest BCUT2D eigenvalue weighted by molar-refractivity contribution is 9.10. The van der Waals surface area contributed by atoms with Crippen LogP contribution in [-0.4, -0.2) is 23.1 Å². The van der Waals surface area contributed by atoms with Crippen LogP contribution in [0.4, 0.5) is 0 Å². The molecule has 24 heavy (non-hydrogen) atoms. The number of hydrogen-bond donors (Lipinski definition) is 2. The first-order valence-electron chi connectivity index (χ1n) is 8.32. The van der Waals surface area contributed by atoms with Crippen LogP contribution in [0.1, 0.15) is 24.7 Å². The Labute approximate surface area is 150 Å². The molecular weight excluding hydrogens is 366 g/mol. The van der Waals surface area contributed by atoms with Gasteiger partial charge in [0.2, 0.25) is 0 Å². The van der Waals surface area contributed by atoms with Crippen LogP contribution in [0.2, 0.25) is 0 Å². The molecule has 0 saturated carbocycles. The topological polar surface area (TPSA) is 49.9 Å². The third-order valence-corrected chi connectivity index (χ3v) is 4.27. The highest BCUT2D eigenvalue weighted by atomic mass is 79.9. The van der Waals surface area contributed by atoms with E-state index in [0.717, 1.165) is 59.6 Å².